The zero-order chi connectivity index (χ0) is 14.6. The van der Waals surface area contributed by atoms with Gasteiger partial charge in [-0.2, -0.15) is 0 Å². The summed E-state index contributed by atoms with van der Waals surface area (Å²) in [6, 6.07) is 0. The highest BCUT2D eigenvalue weighted by atomic mass is 16.5. The monoisotopic (exact) mass is 275 g/mol. The van der Waals surface area contributed by atoms with Crippen LogP contribution < -0.4 is 11.1 Å². The van der Waals surface area contributed by atoms with Crippen molar-refractivity contribution in [2.24, 2.45) is 16.3 Å². The lowest BCUT2D eigenvalue weighted by Crippen LogP contribution is -2.35. The molecule has 4 N–H and O–H groups in total. The van der Waals surface area contributed by atoms with E-state index in [0.717, 1.165) is 39.0 Å². The van der Waals surface area contributed by atoms with Crippen molar-refractivity contribution >= 4 is 5.84 Å². The Balaban J connectivity index is 3.36. The van der Waals surface area contributed by atoms with Gasteiger partial charge in [0.15, 0.2) is 0 Å². The van der Waals surface area contributed by atoms with Gasteiger partial charge in [0.25, 0.3) is 0 Å². The molecule has 0 aliphatic heterocycles. The van der Waals surface area contributed by atoms with Crippen molar-refractivity contribution < 1.29 is 14.7 Å². The number of methoxy groups -OCH3 is 1. The second-order valence-corrected chi connectivity index (χ2v) is 5.18. The molecule has 0 aromatic rings. The van der Waals surface area contributed by atoms with Gasteiger partial charge in [0.2, 0.25) is 0 Å². The first-order chi connectivity index (χ1) is 9.04. The van der Waals surface area contributed by atoms with Crippen LogP contribution in [0.2, 0.25) is 0 Å². The number of rotatable bonds is 12. The van der Waals surface area contributed by atoms with Crippen LogP contribution in [0.1, 0.15) is 33.1 Å². The summed E-state index contributed by atoms with van der Waals surface area (Å²) in [7, 11) is 1.67. The summed E-state index contributed by atoms with van der Waals surface area (Å²) in [5.41, 5.74) is 5.34. The quantitative estimate of drug-likeness (QED) is 0.164. The third-order valence-electron chi connectivity index (χ3n) is 3.05. The minimum absolute atomic E-state index is 0.273. The van der Waals surface area contributed by atoms with E-state index in [4.69, 9.17) is 20.4 Å². The van der Waals surface area contributed by atoms with Crippen LogP contribution in [0.4, 0.5) is 0 Å². The van der Waals surface area contributed by atoms with Crippen molar-refractivity contribution in [2.45, 2.75) is 33.1 Å². The number of hydrogen-bond acceptors (Lipinski definition) is 5. The Morgan fingerprint density at radius 2 is 1.95 bits per heavy atom. The summed E-state index contributed by atoms with van der Waals surface area (Å²) in [5, 5.41) is 15.1. The Morgan fingerprint density at radius 3 is 2.58 bits per heavy atom. The highest BCUT2D eigenvalue weighted by Gasteiger charge is 2.22. The number of unbranched alkanes of at least 4 members (excludes halogenated alkanes) is 1. The second-order valence-electron chi connectivity index (χ2n) is 5.18. The van der Waals surface area contributed by atoms with Crippen LogP contribution in [-0.4, -0.2) is 51.1 Å². The van der Waals surface area contributed by atoms with E-state index in [1.807, 2.05) is 13.8 Å². The van der Waals surface area contributed by atoms with Crippen LogP contribution in [0.3, 0.4) is 0 Å². The molecule has 0 bridgehead atoms. The van der Waals surface area contributed by atoms with Gasteiger partial charge in [-0.15, -0.1) is 0 Å². The SMILES string of the molecule is COCCOCCCCNCCC(C)(C)C(N)=NO. The first kappa shape index (κ1) is 18.1. The Bertz CT molecular complexity index is 245. The van der Waals surface area contributed by atoms with Gasteiger partial charge in [0.05, 0.1) is 13.2 Å². The van der Waals surface area contributed by atoms with Gasteiger partial charge in [-0.25, -0.2) is 0 Å². The standard InChI is InChI=1S/C13H29N3O3/c1-13(2,12(14)16-17)6-8-15-7-4-5-9-19-11-10-18-3/h15,17H,4-11H2,1-3H3,(H2,14,16). The van der Waals surface area contributed by atoms with E-state index in [2.05, 4.69) is 10.5 Å². The average molecular weight is 275 g/mol. The molecule has 6 heteroatoms. The number of hydrogen-bond donors (Lipinski definition) is 3. The highest BCUT2D eigenvalue weighted by molar-refractivity contribution is 5.85. The van der Waals surface area contributed by atoms with Crippen LogP contribution in [0.25, 0.3) is 0 Å². The minimum Gasteiger partial charge on any atom is -0.409 e. The van der Waals surface area contributed by atoms with Crippen molar-refractivity contribution in [3.05, 3.63) is 0 Å². The Labute approximate surface area is 116 Å². The van der Waals surface area contributed by atoms with E-state index in [0.29, 0.717) is 13.2 Å². The van der Waals surface area contributed by atoms with Crippen molar-refractivity contribution in [2.75, 3.05) is 40.0 Å². The van der Waals surface area contributed by atoms with E-state index in [1.165, 1.54) is 0 Å². The third-order valence-corrected chi connectivity index (χ3v) is 3.05. The molecule has 0 atom stereocenters. The molecule has 0 spiro atoms. The first-order valence-corrected chi connectivity index (χ1v) is 6.80. The van der Waals surface area contributed by atoms with Gasteiger partial charge in [0.1, 0.15) is 5.84 Å². The third kappa shape index (κ3) is 9.69. The lowest BCUT2D eigenvalue weighted by molar-refractivity contribution is 0.0688. The maximum absolute atomic E-state index is 8.65. The Morgan fingerprint density at radius 1 is 1.21 bits per heavy atom. The molecule has 114 valence electrons. The fraction of sp³-hybridized carbons (Fsp3) is 0.923. The van der Waals surface area contributed by atoms with Gasteiger partial charge in [0, 0.05) is 19.1 Å². The lowest BCUT2D eigenvalue weighted by Gasteiger charge is -2.22. The number of nitrogens with one attached hydrogen (secondary N) is 1. The molecule has 0 saturated carbocycles. The van der Waals surface area contributed by atoms with Gasteiger partial charge >= 0.3 is 0 Å². The summed E-state index contributed by atoms with van der Waals surface area (Å²) in [6.07, 6.45) is 2.96. The fourth-order valence-corrected chi connectivity index (χ4v) is 1.49. The molecule has 0 rings (SSSR count). The van der Waals surface area contributed by atoms with Crippen molar-refractivity contribution in [1.29, 1.82) is 0 Å². The topological polar surface area (TPSA) is 89.1 Å². The Kier molecular flexibility index (Phi) is 10.5. The van der Waals surface area contributed by atoms with Crippen molar-refractivity contribution in [1.82, 2.24) is 5.32 Å². The molecule has 0 fully saturated rings. The van der Waals surface area contributed by atoms with Crippen LogP contribution in [0, 0.1) is 5.41 Å². The predicted molar refractivity (Wildman–Crippen MR) is 76.6 cm³/mol. The normalized spacial score (nSPS) is 12.9. The number of nitrogens with two attached hydrogens (primary N) is 1. The van der Waals surface area contributed by atoms with Crippen LogP contribution >= 0.6 is 0 Å². The smallest absolute Gasteiger partial charge is 0.144 e. The molecule has 0 aliphatic rings. The second kappa shape index (κ2) is 11.0. The average Bonchev–Trinajstić information content (AvgIpc) is 2.39. The summed E-state index contributed by atoms with van der Waals surface area (Å²) in [5.74, 6) is 0.279. The van der Waals surface area contributed by atoms with E-state index in [-0.39, 0.29) is 11.3 Å². The van der Waals surface area contributed by atoms with Gasteiger partial charge in [-0.1, -0.05) is 19.0 Å². The molecule has 19 heavy (non-hydrogen) atoms. The summed E-state index contributed by atoms with van der Waals surface area (Å²) < 4.78 is 10.3. The molecule has 0 aromatic carbocycles. The molecule has 6 nitrogen and oxygen atoms in total. The highest BCUT2D eigenvalue weighted by Crippen LogP contribution is 2.19. The summed E-state index contributed by atoms with van der Waals surface area (Å²) >= 11 is 0. The number of ether oxygens (including phenoxy) is 2. The van der Waals surface area contributed by atoms with Crippen LogP contribution in [0.5, 0.6) is 0 Å². The number of nitrogens with zero attached hydrogens (tertiary/aromatic N) is 1. The zero-order valence-electron chi connectivity index (χ0n) is 12.4. The largest absolute Gasteiger partial charge is 0.409 e. The van der Waals surface area contributed by atoms with Crippen LogP contribution in [-0.2, 0) is 9.47 Å². The van der Waals surface area contributed by atoms with Crippen molar-refractivity contribution in [3.8, 4) is 0 Å². The van der Waals surface area contributed by atoms with Gasteiger partial charge in [-0.3, -0.25) is 0 Å². The molecule has 0 unspecified atom stereocenters. The maximum atomic E-state index is 8.65. The first-order valence-electron chi connectivity index (χ1n) is 6.80. The zero-order valence-corrected chi connectivity index (χ0v) is 12.4. The van der Waals surface area contributed by atoms with Crippen molar-refractivity contribution in [3.63, 3.8) is 0 Å². The minimum atomic E-state index is -0.273. The molecule has 0 amide bonds. The van der Waals surface area contributed by atoms with Crippen LogP contribution in [0.15, 0.2) is 5.16 Å². The van der Waals surface area contributed by atoms with E-state index in [1.54, 1.807) is 7.11 Å². The van der Waals surface area contributed by atoms with Gasteiger partial charge < -0.3 is 25.7 Å². The van der Waals surface area contributed by atoms with E-state index >= 15 is 0 Å². The summed E-state index contributed by atoms with van der Waals surface area (Å²) in [4.78, 5) is 0. The maximum Gasteiger partial charge on any atom is 0.144 e. The molecule has 0 radical (unpaired) electrons. The van der Waals surface area contributed by atoms with Gasteiger partial charge in [-0.05, 0) is 32.4 Å². The molecule has 0 saturated heterocycles. The number of oxime groups is 1. The molecule has 0 aromatic heterocycles. The molecule has 0 heterocycles. The molecular formula is C13H29N3O3. The summed E-state index contributed by atoms with van der Waals surface area (Å²) in [6.45, 7) is 7.84. The van der Waals surface area contributed by atoms with E-state index < -0.39 is 0 Å². The fourth-order valence-electron chi connectivity index (χ4n) is 1.49. The van der Waals surface area contributed by atoms with E-state index in [9.17, 15) is 0 Å². The molecular weight excluding hydrogens is 246 g/mol. The lowest BCUT2D eigenvalue weighted by atomic mass is 9.88. The predicted octanol–water partition coefficient (Wildman–Crippen LogP) is 1.18. The molecule has 0 aliphatic carbocycles. The number of amidine groups is 1. The Hall–Kier alpha value is -0.850.